The lowest BCUT2D eigenvalue weighted by atomic mass is 10.8. The zero-order chi connectivity index (χ0) is 6.62. The van der Waals surface area contributed by atoms with E-state index in [9.17, 15) is 12.3 Å². The largest absolute Gasteiger partial charge is 0.488 e. The van der Waals surface area contributed by atoms with Crippen LogP contribution >= 0.6 is 0 Å². The quantitative estimate of drug-likeness (QED) is 0.420. The van der Waals surface area contributed by atoms with Crippen LogP contribution in [0, 0.1) is 0 Å². The van der Waals surface area contributed by atoms with E-state index in [-0.39, 0.29) is 0 Å². The molecule has 0 aromatic heterocycles. The molecule has 0 N–H and O–H groups in total. The van der Waals surface area contributed by atoms with E-state index in [4.69, 9.17) is 0 Å². The minimum atomic E-state index is -4.77. The highest BCUT2D eigenvalue weighted by molar-refractivity contribution is 7.81. The molecular formula is C3H5FO3S. The molecule has 0 radical (unpaired) electrons. The van der Waals surface area contributed by atoms with E-state index in [1.807, 2.05) is 0 Å². The summed E-state index contributed by atoms with van der Waals surface area (Å²) in [5, 5.41) is 0. The lowest BCUT2D eigenvalue weighted by molar-refractivity contribution is 0.401. The van der Waals surface area contributed by atoms with Gasteiger partial charge in [-0.15, -0.1) is 0 Å². The van der Waals surface area contributed by atoms with E-state index < -0.39 is 10.5 Å². The summed E-state index contributed by atoms with van der Waals surface area (Å²) in [6.07, 6.45) is 2.01. The fourth-order valence-corrected chi connectivity index (χ4v) is 0.366. The summed E-state index contributed by atoms with van der Waals surface area (Å²) >= 11 is 0. The van der Waals surface area contributed by atoms with E-state index in [0.29, 0.717) is 0 Å². The van der Waals surface area contributed by atoms with E-state index in [1.54, 1.807) is 0 Å². The van der Waals surface area contributed by atoms with Crippen molar-refractivity contribution < 1.29 is 16.5 Å². The number of hydrogen-bond acceptors (Lipinski definition) is 3. The summed E-state index contributed by atoms with van der Waals surface area (Å²) in [4.78, 5) is 0. The smallest absolute Gasteiger partial charge is 0.367 e. The number of allylic oxidation sites excluding steroid dienone is 1. The first-order chi connectivity index (χ1) is 3.56. The highest BCUT2D eigenvalue weighted by Gasteiger charge is 2.01. The van der Waals surface area contributed by atoms with Crippen molar-refractivity contribution in [3.8, 4) is 0 Å². The van der Waals surface area contributed by atoms with Gasteiger partial charge in [-0.05, 0) is 6.92 Å². The van der Waals surface area contributed by atoms with Gasteiger partial charge in [0.2, 0.25) is 0 Å². The summed E-state index contributed by atoms with van der Waals surface area (Å²) < 4.78 is 33.7. The molecule has 0 fully saturated rings. The highest BCUT2D eigenvalue weighted by atomic mass is 32.3. The van der Waals surface area contributed by atoms with Gasteiger partial charge >= 0.3 is 10.5 Å². The molecule has 0 aliphatic rings. The van der Waals surface area contributed by atoms with Gasteiger partial charge in [0.25, 0.3) is 0 Å². The zero-order valence-electron chi connectivity index (χ0n) is 4.17. The van der Waals surface area contributed by atoms with Crippen molar-refractivity contribution >= 4 is 10.5 Å². The first-order valence-corrected chi connectivity index (χ1v) is 3.11. The lowest BCUT2D eigenvalue weighted by Gasteiger charge is -1.85. The molecule has 0 saturated carbocycles. The number of hydrogen-bond donors (Lipinski definition) is 0. The Hall–Kier alpha value is -0.580. The molecule has 0 amide bonds. The minimum Gasteiger partial charge on any atom is -0.367 e. The number of halogens is 1. The van der Waals surface area contributed by atoms with Crippen molar-refractivity contribution in [3.63, 3.8) is 0 Å². The molecule has 0 aliphatic carbocycles. The SMILES string of the molecule is CC=COS(=O)(=O)F. The molecule has 3 nitrogen and oxygen atoms in total. The van der Waals surface area contributed by atoms with E-state index in [2.05, 4.69) is 4.18 Å². The van der Waals surface area contributed by atoms with Crippen molar-refractivity contribution in [3.05, 3.63) is 12.3 Å². The molecule has 0 rings (SSSR count). The average molecular weight is 140 g/mol. The predicted molar refractivity (Wildman–Crippen MR) is 25.9 cm³/mol. The van der Waals surface area contributed by atoms with Gasteiger partial charge in [0, 0.05) is 0 Å². The zero-order valence-corrected chi connectivity index (χ0v) is 4.98. The Morgan fingerprint density at radius 1 is 1.62 bits per heavy atom. The molecule has 0 spiro atoms. The van der Waals surface area contributed by atoms with Crippen LogP contribution in [0.3, 0.4) is 0 Å². The van der Waals surface area contributed by atoms with Crippen LogP contribution in [0.2, 0.25) is 0 Å². The predicted octanol–water partition coefficient (Wildman–Crippen LogP) is 0.751. The molecule has 0 saturated heterocycles. The van der Waals surface area contributed by atoms with Crippen molar-refractivity contribution in [2.45, 2.75) is 6.92 Å². The molecule has 0 aromatic carbocycles. The minimum absolute atomic E-state index is 0.745. The normalized spacial score (nSPS) is 12.2. The first-order valence-electron chi connectivity index (χ1n) is 1.80. The number of rotatable bonds is 2. The standard InChI is InChI=1S/C3H5FO3S/c1-2-3-7-8(4,5)6/h2-3H,1H3. The van der Waals surface area contributed by atoms with Crippen molar-refractivity contribution in [1.29, 1.82) is 0 Å². The van der Waals surface area contributed by atoms with Gasteiger partial charge in [0.05, 0.1) is 0 Å². The summed E-state index contributed by atoms with van der Waals surface area (Å²) in [6, 6.07) is 0. The molecule has 0 unspecified atom stereocenters. The third-order valence-electron chi connectivity index (χ3n) is 0.307. The van der Waals surface area contributed by atoms with Gasteiger partial charge in [0.15, 0.2) is 0 Å². The molecule has 0 aromatic rings. The molecular weight excluding hydrogens is 135 g/mol. The fourth-order valence-electron chi connectivity index (χ4n) is 0.122. The monoisotopic (exact) mass is 140 g/mol. The Labute approximate surface area is 47.2 Å². The maximum atomic E-state index is 11.3. The molecule has 0 heterocycles. The van der Waals surface area contributed by atoms with Gasteiger partial charge < -0.3 is 4.18 Å². The average Bonchev–Trinajstić information content (AvgIpc) is 1.59. The molecule has 0 bridgehead atoms. The van der Waals surface area contributed by atoms with Crippen LogP contribution in [-0.4, -0.2) is 8.42 Å². The van der Waals surface area contributed by atoms with Crippen LogP contribution in [0.5, 0.6) is 0 Å². The third-order valence-corrected chi connectivity index (χ3v) is 0.648. The third kappa shape index (κ3) is 5.42. The summed E-state index contributed by atoms with van der Waals surface area (Å²) in [7, 11) is -4.77. The summed E-state index contributed by atoms with van der Waals surface area (Å²) in [6.45, 7) is 1.51. The highest BCUT2D eigenvalue weighted by Crippen LogP contribution is 1.92. The van der Waals surface area contributed by atoms with Crippen LogP contribution in [-0.2, 0) is 14.7 Å². The topological polar surface area (TPSA) is 43.4 Å². The molecule has 0 aliphatic heterocycles. The Balaban J connectivity index is 3.76. The second kappa shape index (κ2) is 2.66. The Bertz CT molecular complexity index is 169. The maximum absolute atomic E-state index is 11.3. The van der Waals surface area contributed by atoms with Crippen molar-refractivity contribution in [1.82, 2.24) is 0 Å². The Kier molecular flexibility index (Phi) is 2.47. The van der Waals surface area contributed by atoms with E-state index in [0.717, 1.165) is 6.26 Å². The summed E-state index contributed by atoms with van der Waals surface area (Å²) in [5.74, 6) is 0. The summed E-state index contributed by atoms with van der Waals surface area (Å²) in [5.41, 5.74) is 0. The van der Waals surface area contributed by atoms with Crippen molar-refractivity contribution in [2.24, 2.45) is 0 Å². The Morgan fingerprint density at radius 3 is 2.25 bits per heavy atom. The van der Waals surface area contributed by atoms with E-state index >= 15 is 0 Å². The van der Waals surface area contributed by atoms with Crippen molar-refractivity contribution in [2.75, 3.05) is 0 Å². The van der Waals surface area contributed by atoms with Crippen LogP contribution in [0.4, 0.5) is 3.89 Å². The molecule has 48 valence electrons. The lowest BCUT2D eigenvalue weighted by Crippen LogP contribution is -1.89. The van der Waals surface area contributed by atoms with Crippen LogP contribution in [0.1, 0.15) is 6.92 Å². The van der Waals surface area contributed by atoms with Gasteiger partial charge in [0.1, 0.15) is 6.26 Å². The van der Waals surface area contributed by atoms with Gasteiger partial charge in [-0.2, -0.15) is 8.42 Å². The van der Waals surface area contributed by atoms with Gasteiger partial charge in [-0.1, -0.05) is 9.96 Å². The Morgan fingerprint density at radius 2 is 2.12 bits per heavy atom. The second-order valence-electron chi connectivity index (χ2n) is 0.959. The fraction of sp³-hybridized carbons (Fsp3) is 0.333. The van der Waals surface area contributed by atoms with Crippen LogP contribution < -0.4 is 0 Å². The van der Waals surface area contributed by atoms with Crippen LogP contribution in [0.25, 0.3) is 0 Å². The molecule has 8 heavy (non-hydrogen) atoms. The van der Waals surface area contributed by atoms with Crippen LogP contribution in [0.15, 0.2) is 12.3 Å². The second-order valence-corrected chi connectivity index (χ2v) is 1.94. The maximum Gasteiger partial charge on any atom is 0.488 e. The van der Waals surface area contributed by atoms with E-state index in [1.165, 1.54) is 13.0 Å². The van der Waals surface area contributed by atoms with Gasteiger partial charge in [-0.3, -0.25) is 0 Å². The molecule has 5 heteroatoms. The van der Waals surface area contributed by atoms with Gasteiger partial charge in [-0.25, -0.2) is 0 Å². The molecule has 0 atom stereocenters. The first kappa shape index (κ1) is 7.42.